The third-order valence-corrected chi connectivity index (χ3v) is 4.55. The lowest BCUT2D eigenvalue weighted by Gasteiger charge is -2.33. The molecule has 1 N–H and O–H groups in total. The standard InChI is InChI=1S/C17H24N2O/c1-13-4-2-3-5-16(13)17(20)19-10-8-15(9-11-19)18-12-14-6-7-14/h2-5,14-15,18H,6-12H2,1H3. The molecule has 1 aliphatic heterocycles. The Labute approximate surface area is 121 Å². The first kappa shape index (κ1) is 13.6. The molecule has 1 aliphatic carbocycles. The highest BCUT2D eigenvalue weighted by atomic mass is 16.2. The zero-order chi connectivity index (χ0) is 13.9. The second kappa shape index (κ2) is 5.96. The predicted octanol–water partition coefficient (Wildman–Crippen LogP) is 2.60. The molecule has 1 aromatic carbocycles. The Bertz CT molecular complexity index is 474. The number of hydrogen-bond donors (Lipinski definition) is 1. The topological polar surface area (TPSA) is 32.3 Å². The van der Waals surface area contributed by atoms with Crippen LogP contribution in [0.2, 0.25) is 0 Å². The van der Waals surface area contributed by atoms with Crippen molar-refractivity contribution in [1.29, 1.82) is 0 Å². The van der Waals surface area contributed by atoms with Crippen LogP contribution in [0.3, 0.4) is 0 Å². The quantitative estimate of drug-likeness (QED) is 0.913. The Balaban J connectivity index is 1.52. The summed E-state index contributed by atoms with van der Waals surface area (Å²) in [4.78, 5) is 14.5. The lowest BCUT2D eigenvalue weighted by atomic mass is 10.0. The monoisotopic (exact) mass is 272 g/mol. The third-order valence-electron chi connectivity index (χ3n) is 4.55. The molecule has 0 radical (unpaired) electrons. The average molecular weight is 272 g/mol. The van der Waals surface area contributed by atoms with Gasteiger partial charge in [0.15, 0.2) is 0 Å². The van der Waals surface area contributed by atoms with E-state index < -0.39 is 0 Å². The molecule has 1 amide bonds. The Kier molecular flexibility index (Phi) is 4.06. The van der Waals surface area contributed by atoms with E-state index >= 15 is 0 Å². The summed E-state index contributed by atoms with van der Waals surface area (Å²) in [6.45, 7) is 4.96. The van der Waals surface area contributed by atoms with Crippen LogP contribution in [0.1, 0.15) is 41.6 Å². The van der Waals surface area contributed by atoms with Gasteiger partial charge in [-0.25, -0.2) is 0 Å². The summed E-state index contributed by atoms with van der Waals surface area (Å²) in [6, 6.07) is 8.49. The van der Waals surface area contributed by atoms with Crippen LogP contribution in [-0.4, -0.2) is 36.5 Å². The molecule has 1 saturated heterocycles. The second-order valence-electron chi connectivity index (χ2n) is 6.23. The molecule has 2 fully saturated rings. The fourth-order valence-electron chi connectivity index (χ4n) is 2.93. The zero-order valence-electron chi connectivity index (χ0n) is 12.3. The summed E-state index contributed by atoms with van der Waals surface area (Å²) in [5, 5.41) is 3.66. The lowest BCUT2D eigenvalue weighted by molar-refractivity contribution is 0.0704. The van der Waals surface area contributed by atoms with Crippen LogP contribution < -0.4 is 5.32 Å². The number of nitrogens with zero attached hydrogens (tertiary/aromatic N) is 1. The molecule has 3 nitrogen and oxygen atoms in total. The molecule has 2 aliphatic rings. The largest absolute Gasteiger partial charge is 0.339 e. The van der Waals surface area contributed by atoms with E-state index in [1.807, 2.05) is 36.1 Å². The maximum Gasteiger partial charge on any atom is 0.254 e. The van der Waals surface area contributed by atoms with Gasteiger partial charge in [0, 0.05) is 24.7 Å². The van der Waals surface area contributed by atoms with Crippen molar-refractivity contribution in [3.63, 3.8) is 0 Å². The number of rotatable bonds is 4. The van der Waals surface area contributed by atoms with E-state index in [-0.39, 0.29) is 5.91 Å². The van der Waals surface area contributed by atoms with Gasteiger partial charge in [0.25, 0.3) is 5.91 Å². The molecular weight excluding hydrogens is 248 g/mol. The molecule has 3 rings (SSSR count). The van der Waals surface area contributed by atoms with E-state index in [1.54, 1.807) is 0 Å². The summed E-state index contributed by atoms with van der Waals surface area (Å²) in [5.41, 5.74) is 1.93. The molecule has 0 aromatic heterocycles. The first-order valence-corrected chi connectivity index (χ1v) is 7.82. The molecule has 1 heterocycles. The maximum absolute atomic E-state index is 12.5. The highest BCUT2D eigenvalue weighted by Crippen LogP contribution is 2.28. The van der Waals surface area contributed by atoms with Gasteiger partial charge in [-0.15, -0.1) is 0 Å². The summed E-state index contributed by atoms with van der Waals surface area (Å²) in [5.74, 6) is 1.13. The summed E-state index contributed by atoms with van der Waals surface area (Å²) < 4.78 is 0. The number of carbonyl (C=O) groups is 1. The van der Waals surface area contributed by atoms with Gasteiger partial charge in [0.1, 0.15) is 0 Å². The van der Waals surface area contributed by atoms with Crippen molar-refractivity contribution in [2.45, 2.75) is 38.6 Å². The van der Waals surface area contributed by atoms with Gasteiger partial charge < -0.3 is 10.2 Å². The average Bonchev–Trinajstić information content (AvgIpc) is 3.30. The van der Waals surface area contributed by atoms with Crippen LogP contribution in [0, 0.1) is 12.8 Å². The van der Waals surface area contributed by atoms with E-state index in [2.05, 4.69) is 5.32 Å². The van der Waals surface area contributed by atoms with E-state index in [0.29, 0.717) is 6.04 Å². The smallest absolute Gasteiger partial charge is 0.254 e. The second-order valence-corrected chi connectivity index (χ2v) is 6.23. The van der Waals surface area contributed by atoms with Crippen molar-refractivity contribution in [2.24, 2.45) is 5.92 Å². The molecule has 1 saturated carbocycles. The molecule has 20 heavy (non-hydrogen) atoms. The van der Waals surface area contributed by atoms with Crippen LogP contribution >= 0.6 is 0 Å². The number of aryl methyl sites for hydroxylation is 1. The number of nitrogens with one attached hydrogen (secondary N) is 1. The summed E-state index contributed by atoms with van der Waals surface area (Å²) in [7, 11) is 0. The van der Waals surface area contributed by atoms with Gasteiger partial charge in [-0.3, -0.25) is 4.79 Å². The number of likely N-dealkylation sites (tertiary alicyclic amines) is 1. The van der Waals surface area contributed by atoms with Crippen LogP contribution in [0.15, 0.2) is 24.3 Å². The zero-order valence-corrected chi connectivity index (χ0v) is 12.3. The van der Waals surface area contributed by atoms with Crippen molar-refractivity contribution in [2.75, 3.05) is 19.6 Å². The predicted molar refractivity (Wildman–Crippen MR) is 80.8 cm³/mol. The Morgan fingerprint density at radius 3 is 2.55 bits per heavy atom. The van der Waals surface area contributed by atoms with Crippen LogP contribution in [0.5, 0.6) is 0 Å². The molecule has 0 bridgehead atoms. The van der Waals surface area contributed by atoms with Gasteiger partial charge in [0.2, 0.25) is 0 Å². The van der Waals surface area contributed by atoms with Gasteiger partial charge in [-0.05, 0) is 56.7 Å². The normalized spacial score (nSPS) is 20.1. The van der Waals surface area contributed by atoms with Crippen molar-refractivity contribution < 1.29 is 4.79 Å². The number of amides is 1. The van der Waals surface area contributed by atoms with E-state index in [1.165, 1.54) is 19.4 Å². The number of hydrogen-bond acceptors (Lipinski definition) is 2. The fourth-order valence-corrected chi connectivity index (χ4v) is 2.93. The molecular formula is C17H24N2O. The molecule has 0 atom stereocenters. The minimum absolute atomic E-state index is 0.198. The Hall–Kier alpha value is -1.35. The van der Waals surface area contributed by atoms with Gasteiger partial charge >= 0.3 is 0 Å². The first-order chi connectivity index (χ1) is 9.74. The molecule has 0 unspecified atom stereocenters. The third kappa shape index (κ3) is 3.21. The minimum Gasteiger partial charge on any atom is -0.339 e. The number of piperidine rings is 1. The van der Waals surface area contributed by atoms with Crippen molar-refractivity contribution in [3.05, 3.63) is 35.4 Å². The summed E-state index contributed by atoms with van der Waals surface area (Å²) in [6.07, 6.45) is 4.98. The molecule has 108 valence electrons. The molecule has 1 aromatic rings. The van der Waals surface area contributed by atoms with E-state index in [4.69, 9.17) is 0 Å². The highest BCUT2D eigenvalue weighted by Gasteiger charge is 2.26. The van der Waals surface area contributed by atoms with Gasteiger partial charge in [-0.2, -0.15) is 0 Å². The van der Waals surface area contributed by atoms with Crippen molar-refractivity contribution >= 4 is 5.91 Å². The van der Waals surface area contributed by atoms with Crippen LogP contribution in [0.25, 0.3) is 0 Å². The van der Waals surface area contributed by atoms with E-state index in [9.17, 15) is 4.79 Å². The van der Waals surface area contributed by atoms with Crippen LogP contribution in [-0.2, 0) is 0 Å². The highest BCUT2D eigenvalue weighted by molar-refractivity contribution is 5.95. The fraction of sp³-hybridized carbons (Fsp3) is 0.588. The lowest BCUT2D eigenvalue weighted by Crippen LogP contribution is -2.45. The van der Waals surface area contributed by atoms with Crippen molar-refractivity contribution in [1.82, 2.24) is 10.2 Å². The van der Waals surface area contributed by atoms with Gasteiger partial charge in [0.05, 0.1) is 0 Å². The van der Waals surface area contributed by atoms with E-state index in [0.717, 1.165) is 43.0 Å². The maximum atomic E-state index is 12.5. The number of benzene rings is 1. The van der Waals surface area contributed by atoms with Crippen molar-refractivity contribution in [3.8, 4) is 0 Å². The number of carbonyl (C=O) groups excluding carboxylic acids is 1. The Morgan fingerprint density at radius 2 is 1.90 bits per heavy atom. The first-order valence-electron chi connectivity index (χ1n) is 7.82. The van der Waals surface area contributed by atoms with Gasteiger partial charge in [-0.1, -0.05) is 18.2 Å². The summed E-state index contributed by atoms with van der Waals surface area (Å²) >= 11 is 0. The molecule has 0 spiro atoms. The van der Waals surface area contributed by atoms with Crippen LogP contribution in [0.4, 0.5) is 0 Å². The SMILES string of the molecule is Cc1ccccc1C(=O)N1CCC(NCC2CC2)CC1. The Morgan fingerprint density at radius 1 is 1.20 bits per heavy atom. The minimum atomic E-state index is 0.198. The molecule has 3 heteroatoms.